The molecule has 0 unspecified atom stereocenters. The number of aromatic nitrogens is 2. The number of aromatic hydroxyl groups is 1. The number of nitrogens with one attached hydrogen (secondary N) is 1. The summed E-state index contributed by atoms with van der Waals surface area (Å²) in [5.74, 6) is -2.75. The van der Waals surface area contributed by atoms with Crippen LogP contribution in [0.2, 0.25) is 0 Å². The average Bonchev–Trinajstić information content (AvgIpc) is 2.75. The van der Waals surface area contributed by atoms with Gasteiger partial charge in [-0.25, -0.2) is 9.37 Å². The van der Waals surface area contributed by atoms with Crippen LogP contribution in [0.4, 0.5) is 17.6 Å². The first-order valence-corrected chi connectivity index (χ1v) is 9.29. The molecular weight excluding hydrogens is 434 g/mol. The van der Waals surface area contributed by atoms with Crippen LogP contribution in [0.25, 0.3) is 0 Å². The van der Waals surface area contributed by atoms with Gasteiger partial charge < -0.3 is 19.9 Å². The fourth-order valence-electron chi connectivity index (χ4n) is 3.49. The highest BCUT2D eigenvalue weighted by molar-refractivity contribution is 5.93. The summed E-state index contributed by atoms with van der Waals surface area (Å²) >= 11 is 0. The summed E-state index contributed by atoms with van der Waals surface area (Å²) in [6, 6.07) is 8.69. The van der Waals surface area contributed by atoms with Crippen LogP contribution in [0, 0.1) is 5.82 Å². The Morgan fingerprint density at radius 1 is 1.19 bits per heavy atom. The maximum atomic E-state index is 14.6. The molecule has 11 heteroatoms. The normalized spacial score (nSPS) is 17.8. The van der Waals surface area contributed by atoms with Gasteiger partial charge >= 0.3 is 6.36 Å². The minimum atomic E-state index is -5.06. The molecule has 2 aromatic heterocycles. The Morgan fingerprint density at radius 3 is 2.69 bits per heavy atom. The minimum Gasteiger partial charge on any atom is -0.506 e. The zero-order valence-corrected chi connectivity index (χ0v) is 16.2. The molecule has 32 heavy (non-hydrogen) atoms. The highest BCUT2D eigenvalue weighted by Crippen LogP contribution is 2.42. The summed E-state index contributed by atoms with van der Waals surface area (Å²) < 4.78 is 61.5. The fourth-order valence-corrected chi connectivity index (χ4v) is 3.49. The van der Waals surface area contributed by atoms with Crippen LogP contribution < -0.4 is 14.8 Å². The summed E-state index contributed by atoms with van der Waals surface area (Å²) in [5.41, 5.74) is -1.07. The number of ether oxygens (including phenoxy) is 2. The molecule has 3 aromatic rings. The first kappa shape index (κ1) is 21.3. The summed E-state index contributed by atoms with van der Waals surface area (Å²) in [4.78, 5) is 21.1. The van der Waals surface area contributed by atoms with E-state index in [1.54, 1.807) is 12.1 Å². The van der Waals surface area contributed by atoms with Crippen molar-refractivity contribution >= 4 is 5.91 Å². The van der Waals surface area contributed by atoms with Crippen LogP contribution in [-0.2, 0) is 5.54 Å². The van der Waals surface area contributed by atoms with Gasteiger partial charge in [0.1, 0.15) is 28.4 Å². The zero-order valence-electron chi connectivity index (χ0n) is 16.2. The van der Waals surface area contributed by atoms with E-state index < -0.39 is 29.4 Å². The van der Waals surface area contributed by atoms with E-state index in [4.69, 9.17) is 4.74 Å². The first-order valence-electron chi connectivity index (χ1n) is 9.29. The third kappa shape index (κ3) is 4.13. The smallest absolute Gasteiger partial charge is 0.506 e. The molecule has 2 N–H and O–H groups in total. The lowest BCUT2D eigenvalue weighted by molar-refractivity contribution is -0.275. The molecule has 1 amide bonds. The van der Waals surface area contributed by atoms with E-state index in [0.29, 0.717) is 5.75 Å². The van der Waals surface area contributed by atoms with Gasteiger partial charge in [0.05, 0.1) is 12.8 Å². The molecule has 1 aliphatic heterocycles. The lowest BCUT2D eigenvalue weighted by Crippen LogP contribution is -2.50. The van der Waals surface area contributed by atoms with Crippen molar-refractivity contribution in [2.24, 2.45) is 0 Å². The monoisotopic (exact) mass is 449 g/mol. The molecule has 3 heterocycles. The van der Waals surface area contributed by atoms with Gasteiger partial charge in [-0.1, -0.05) is 6.07 Å². The Kier molecular flexibility index (Phi) is 5.33. The summed E-state index contributed by atoms with van der Waals surface area (Å²) in [6.07, 6.45) is -2.42. The number of nitrogens with zero attached hydrogens (tertiary/aromatic N) is 2. The molecule has 1 aliphatic rings. The van der Waals surface area contributed by atoms with Gasteiger partial charge in [-0.3, -0.25) is 9.78 Å². The number of amides is 1. The topological polar surface area (TPSA) is 93.6 Å². The maximum absolute atomic E-state index is 14.6. The van der Waals surface area contributed by atoms with E-state index in [1.165, 1.54) is 24.4 Å². The van der Waals surface area contributed by atoms with Gasteiger partial charge in [0.25, 0.3) is 5.91 Å². The molecule has 7 nitrogen and oxygen atoms in total. The van der Waals surface area contributed by atoms with E-state index in [0.717, 1.165) is 18.3 Å². The van der Waals surface area contributed by atoms with E-state index in [2.05, 4.69) is 20.0 Å². The van der Waals surface area contributed by atoms with Crippen LogP contribution in [0.3, 0.4) is 0 Å². The molecule has 4 rings (SSSR count). The number of fused-ring (bicyclic) bond motifs is 1. The molecule has 0 bridgehead atoms. The molecule has 1 atom stereocenters. The van der Waals surface area contributed by atoms with Crippen molar-refractivity contribution in [3.63, 3.8) is 0 Å². The zero-order chi connectivity index (χ0) is 22.9. The second kappa shape index (κ2) is 7.98. The summed E-state index contributed by atoms with van der Waals surface area (Å²) in [7, 11) is 0. The lowest BCUT2D eigenvalue weighted by atomic mass is 9.81. The Bertz CT molecular complexity index is 1150. The van der Waals surface area contributed by atoms with Crippen LogP contribution >= 0.6 is 0 Å². The van der Waals surface area contributed by atoms with Crippen molar-refractivity contribution < 1.29 is 36.9 Å². The first-order chi connectivity index (χ1) is 15.2. The van der Waals surface area contributed by atoms with Crippen molar-refractivity contribution in [1.82, 2.24) is 15.3 Å². The molecule has 166 valence electrons. The van der Waals surface area contributed by atoms with Crippen LogP contribution in [-0.4, -0.2) is 34.0 Å². The molecule has 0 aliphatic carbocycles. The van der Waals surface area contributed by atoms with Crippen molar-refractivity contribution in [2.45, 2.75) is 18.3 Å². The van der Waals surface area contributed by atoms with Crippen LogP contribution in [0.15, 0.2) is 54.9 Å². The van der Waals surface area contributed by atoms with Crippen molar-refractivity contribution in [1.29, 1.82) is 0 Å². The number of rotatable bonds is 4. The van der Waals surface area contributed by atoms with Crippen molar-refractivity contribution in [2.75, 3.05) is 6.61 Å². The number of benzene rings is 1. The molecular formula is C21H15F4N3O4. The Morgan fingerprint density at radius 2 is 2.00 bits per heavy atom. The van der Waals surface area contributed by atoms with Gasteiger partial charge in [-0.2, -0.15) is 0 Å². The average molecular weight is 449 g/mol. The van der Waals surface area contributed by atoms with Gasteiger partial charge in [0, 0.05) is 12.6 Å². The van der Waals surface area contributed by atoms with Crippen LogP contribution in [0.5, 0.6) is 17.2 Å². The summed E-state index contributed by atoms with van der Waals surface area (Å²) in [5, 5.41) is 12.2. The third-order valence-corrected chi connectivity index (χ3v) is 4.87. The van der Waals surface area contributed by atoms with E-state index in [9.17, 15) is 27.5 Å². The number of pyridine rings is 2. The quantitative estimate of drug-likeness (QED) is 0.591. The predicted molar refractivity (Wildman–Crippen MR) is 102 cm³/mol. The SMILES string of the molecule is O=C(N[C@]1(c2ccc(OC(F)(F)F)c(F)c2)CCOc2cccnc21)c1ccc(O)cn1. The predicted octanol–water partition coefficient (Wildman–Crippen LogP) is 3.68. The number of hydrogen-bond acceptors (Lipinski definition) is 6. The van der Waals surface area contributed by atoms with Gasteiger partial charge in [-0.15, -0.1) is 13.2 Å². The second-order valence-corrected chi connectivity index (χ2v) is 6.90. The number of alkyl halides is 3. The summed E-state index contributed by atoms with van der Waals surface area (Å²) in [6.45, 7) is 0.115. The minimum absolute atomic E-state index is 0.0383. The van der Waals surface area contributed by atoms with E-state index in [1.807, 2.05) is 0 Å². The molecule has 0 fully saturated rings. The Hall–Kier alpha value is -3.89. The van der Waals surface area contributed by atoms with Gasteiger partial charge in [0.2, 0.25) is 0 Å². The van der Waals surface area contributed by atoms with Crippen LogP contribution in [0.1, 0.15) is 28.2 Å². The lowest BCUT2D eigenvalue weighted by Gasteiger charge is -2.39. The molecule has 0 saturated carbocycles. The molecule has 0 radical (unpaired) electrons. The number of halogens is 4. The van der Waals surface area contributed by atoms with Crippen molar-refractivity contribution in [3.8, 4) is 17.2 Å². The Balaban J connectivity index is 1.80. The van der Waals surface area contributed by atoms with E-state index in [-0.39, 0.29) is 35.7 Å². The second-order valence-electron chi connectivity index (χ2n) is 6.90. The fraction of sp³-hybridized carbons (Fsp3) is 0.190. The largest absolute Gasteiger partial charge is 0.573 e. The van der Waals surface area contributed by atoms with E-state index >= 15 is 0 Å². The number of carbonyl (C=O) groups excluding carboxylic acids is 1. The number of carbonyl (C=O) groups is 1. The van der Waals surface area contributed by atoms with Gasteiger partial charge in [-0.05, 0) is 42.0 Å². The molecule has 1 aromatic carbocycles. The van der Waals surface area contributed by atoms with Gasteiger partial charge in [0.15, 0.2) is 11.6 Å². The standard InChI is InChI=1S/C21H15F4N3O4/c22-14-10-12(3-6-16(14)32-21(23,24)25)20(7-9-31-17-2-1-8-26-18(17)20)28-19(30)15-5-4-13(29)11-27-15/h1-6,8,10-11,29H,7,9H2,(H,28,30)/t20-/m0/s1. The van der Waals surface area contributed by atoms with Crippen molar-refractivity contribution in [3.05, 3.63) is 77.6 Å². The maximum Gasteiger partial charge on any atom is 0.573 e. The highest BCUT2D eigenvalue weighted by atomic mass is 19.4. The molecule has 0 spiro atoms. The number of hydrogen-bond donors (Lipinski definition) is 2. The highest BCUT2D eigenvalue weighted by Gasteiger charge is 2.43. The third-order valence-electron chi connectivity index (χ3n) is 4.87. The Labute approximate surface area is 178 Å². The molecule has 0 saturated heterocycles.